The van der Waals surface area contributed by atoms with E-state index in [1.807, 2.05) is 36.9 Å². The molecule has 1 fully saturated rings. The topological polar surface area (TPSA) is 91.6 Å². The second kappa shape index (κ2) is 9.84. The molecule has 0 saturated heterocycles. The van der Waals surface area contributed by atoms with Gasteiger partial charge in [0, 0.05) is 12.6 Å². The largest absolute Gasteiger partial charge is 0.419 e. The van der Waals surface area contributed by atoms with Crippen LogP contribution in [-0.2, 0) is 16.1 Å². The van der Waals surface area contributed by atoms with Gasteiger partial charge in [-0.05, 0) is 38.4 Å². The highest BCUT2D eigenvalue weighted by Gasteiger charge is 2.34. The third kappa shape index (κ3) is 5.77. The molecule has 0 bridgehead atoms. The van der Waals surface area contributed by atoms with Crippen molar-refractivity contribution in [1.29, 1.82) is 0 Å². The number of nitrogens with zero attached hydrogens (tertiary/aromatic N) is 4. The number of likely N-dealkylation sites (N-methyl/N-ethyl adjacent to an activating group) is 2. The van der Waals surface area contributed by atoms with Gasteiger partial charge in [0.1, 0.15) is 0 Å². The molecule has 1 aromatic heterocycles. The minimum atomic E-state index is -0.0820. The van der Waals surface area contributed by atoms with Crippen molar-refractivity contribution in [3.05, 3.63) is 35.2 Å². The molecule has 29 heavy (non-hydrogen) atoms. The molecule has 8 nitrogen and oxygen atoms in total. The zero-order valence-electron chi connectivity index (χ0n) is 16.7. The van der Waals surface area contributed by atoms with Crippen LogP contribution in [0.2, 0.25) is 5.02 Å². The summed E-state index contributed by atoms with van der Waals surface area (Å²) in [5, 5.41) is 11.5. The van der Waals surface area contributed by atoms with Gasteiger partial charge >= 0.3 is 0 Å². The van der Waals surface area contributed by atoms with Crippen molar-refractivity contribution >= 4 is 23.4 Å². The number of carbonyl (C=O) groups excluding carboxylic acids is 2. The number of carbonyl (C=O) groups is 2. The summed E-state index contributed by atoms with van der Waals surface area (Å²) in [6.45, 7) is 5.61. The van der Waals surface area contributed by atoms with Crippen LogP contribution >= 0.6 is 11.6 Å². The lowest BCUT2D eigenvalue weighted by Crippen LogP contribution is -2.44. The lowest BCUT2D eigenvalue weighted by atomic mass is 10.2. The Kier molecular flexibility index (Phi) is 7.22. The molecule has 1 aromatic carbocycles. The fourth-order valence-corrected chi connectivity index (χ4v) is 3.25. The lowest BCUT2D eigenvalue weighted by molar-refractivity contribution is -0.134. The average molecular weight is 420 g/mol. The standard InChI is InChI=1S/C20H26ClN5O3/c1-3-22-17(27)11-25(4-2)13-19(28)26(14-9-10-14)12-18-23-24-20(29-18)15-7-5-6-8-16(15)21/h5-8,14H,3-4,9-13H2,1-2H3,(H,22,27). The average Bonchev–Trinajstić information content (AvgIpc) is 3.44. The van der Waals surface area contributed by atoms with Gasteiger partial charge in [-0.2, -0.15) is 0 Å². The maximum absolute atomic E-state index is 12.9. The lowest BCUT2D eigenvalue weighted by Gasteiger charge is -2.25. The molecule has 0 unspecified atom stereocenters. The number of nitrogens with one attached hydrogen (secondary N) is 1. The van der Waals surface area contributed by atoms with E-state index in [1.165, 1.54) is 0 Å². The van der Waals surface area contributed by atoms with E-state index in [-0.39, 0.29) is 37.5 Å². The number of aromatic nitrogens is 2. The van der Waals surface area contributed by atoms with E-state index in [4.69, 9.17) is 16.0 Å². The summed E-state index contributed by atoms with van der Waals surface area (Å²) in [4.78, 5) is 28.3. The molecule has 0 aliphatic heterocycles. The normalized spacial score (nSPS) is 13.5. The molecule has 1 N–H and O–H groups in total. The summed E-state index contributed by atoms with van der Waals surface area (Å²) in [6.07, 6.45) is 1.92. The number of benzene rings is 1. The van der Waals surface area contributed by atoms with Crippen LogP contribution in [0.5, 0.6) is 0 Å². The fraction of sp³-hybridized carbons (Fsp3) is 0.500. The Labute approximate surface area is 175 Å². The number of hydrogen-bond donors (Lipinski definition) is 1. The highest BCUT2D eigenvalue weighted by Crippen LogP contribution is 2.30. The Hall–Kier alpha value is -2.45. The Morgan fingerprint density at radius 3 is 2.62 bits per heavy atom. The van der Waals surface area contributed by atoms with Crippen molar-refractivity contribution in [2.24, 2.45) is 0 Å². The van der Waals surface area contributed by atoms with E-state index >= 15 is 0 Å². The molecule has 2 aromatic rings. The molecule has 9 heteroatoms. The van der Waals surface area contributed by atoms with E-state index < -0.39 is 0 Å². The number of hydrogen-bond acceptors (Lipinski definition) is 6. The fourth-order valence-electron chi connectivity index (χ4n) is 3.03. The van der Waals surface area contributed by atoms with Crippen molar-refractivity contribution in [1.82, 2.24) is 25.3 Å². The van der Waals surface area contributed by atoms with Gasteiger partial charge in [-0.3, -0.25) is 14.5 Å². The van der Waals surface area contributed by atoms with Crippen molar-refractivity contribution in [3.63, 3.8) is 0 Å². The minimum Gasteiger partial charge on any atom is -0.419 e. The van der Waals surface area contributed by atoms with E-state index in [0.29, 0.717) is 35.5 Å². The first kappa shape index (κ1) is 21.3. The van der Waals surface area contributed by atoms with Crippen LogP contribution in [0.3, 0.4) is 0 Å². The van der Waals surface area contributed by atoms with Gasteiger partial charge in [-0.15, -0.1) is 10.2 Å². The van der Waals surface area contributed by atoms with Gasteiger partial charge in [0.25, 0.3) is 0 Å². The van der Waals surface area contributed by atoms with Crippen LogP contribution in [0.25, 0.3) is 11.5 Å². The van der Waals surface area contributed by atoms with Crippen LogP contribution in [0.4, 0.5) is 0 Å². The van der Waals surface area contributed by atoms with Crippen molar-refractivity contribution in [2.45, 2.75) is 39.3 Å². The quantitative estimate of drug-likeness (QED) is 0.635. The number of rotatable bonds is 10. The van der Waals surface area contributed by atoms with E-state index in [2.05, 4.69) is 15.5 Å². The summed E-state index contributed by atoms with van der Waals surface area (Å²) < 4.78 is 5.76. The van der Waals surface area contributed by atoms with Crippen LogP contribution in [0, 0.1) is 0 Å². The predicted molar refractivity (Wildman–Crippen MR) is 109 cm³/mol. The van der Waals surface area contributed by atoms with Crippen LogP contribution in [-0.4, -0.2) is 64.0 Å². The summed E-state index contributed by atoms with van der Waals surface area (Å²) in [5.41, 5.74) is 0.663. The van der Waals surface area contributed by atoms with Gasteiger partial charge in [-0.25, -0.2) is 0 Å². The first-order valence-corrected chi connectivity index (χ1v) is 10.2. The third-order valence-electron chi connectivity index (χ3n) is 4.73. The van der Waals surface area contributed by atoms with Crippen LogP contribution in [0.15, 0.2) is 28.7 Å². The Bertz CT molecular complexity index is 852. The Morgan fingerprint density at radius 2 is 1.97 bits per heavy atom. The van der Waals surface area contributed by atoms with Crippen LogP contribution in [0.1, 0.15) is 32.6 Å². The first-order chi connectivity index (χ1) is 14.0. The van der Waals surface area contributed by atoms with Gasteiger partial charge in [0.15, 0.2) is 0 Å². The summed E-state index contributed by atoms with van der Waals surface area (Å²) in [6, 6.07) is 7.43. The van der Waals surface area contributed by atoms with Gasteiger partial charge in [0.05, 0.1) is 30.2 Å². The molecule has 0 atom stereocenters. The number of amides is 2. The van der Waals surface area contributed by atoms with E-state index in [9.17, 15) is 9.59 Å². The maximum Gasteiger partial charge on any atom is 0.249 e. The summed E-state index contributed by atoms with van der Waals surface area (Å²) in [5.74, 6) is 0.574. The van der Waals surface area contributed by atoms with Crippen molar-refractivity contribution in [2.75, 3.05) is 26.2 Å². The molecule has 0 radical (unpaired) electrons. The van der Waals surface area contributed by atoms with Gasteiger partial charge in [0.2, 0.25) is 23.6 Å². The molecule has 2 amide bonds. The smallest absolute Gasteiger partial charge is 0.249 e. The molecule has 3 rings (SSSR count). The highest BCUT2D eigenvalue weighted by molar-refractivity contribution is 6.33. The summed E-state index contributed by atoms with van der Waals surface area (Å²) >= 11 is 6.19. The van der Waals surface area contributed by atoms with Gasteiger partial charge < -0.3 is 14.6 Å². The second-order valence-electron chi connectivity index (χ2n) is 6.99. The first-order valence-electron chi connectivity index (χ1n) is 9.87. The summed E-state index contributed by atoms with van der Waals surface area (Å²) in [7, 11) is 0. The second-order valence-corrected chi connectivity index (χ2v) is 7.40. The molecule has 156 valence electrons. The molecule has 1 saturated carbocycles. The zero-order chi connectivity index (χ0) is 20.8. The zero-order valence-corrected chi connectivity index (χ0v) is 17.5. The molecule has 0 spiro atoms. The van der Waals surface area contributed by atoms with E-state index in [1.54, 1.807) is 11.0 Å². The van der Waals surface area contributed by atoms with Crippen molar-refractivity contribution < 1.29 is 14.0 Å². The molecule has 1 heterocycles. The molecular weight excluding hydrogens is 394 g/mol. The monoisotopic (exact) mass is 419 g/mol. The SMILES string of the molecule is CCNC(=O)CN(CC)CC(=O)N(Cc1nnc(-c2ccccc2Cl)o1)C1CC1. The molecule has 1 aliphatic carbocycles. The Morgan fingerprint density at radius 1 is 1.21 bits per heavy atom. The number of halogens is 1. The Balaban J connectivity index is 1.65. The molecular formula is C20H26ClN5O3. The third-order valence-corrected chi connectivity index (χ3v) is 5.06. The predicted octanol–water partition coefficient (Wildman–Crippen LogP) is 2.34. The maximum atomic E-state index is 12.9. The van der Waals surface area contributed by atoms with Crippen molar-refractivity contribution in [3.8, 4) is 11.5 Å². The molecule has 1 aliphatic rings. The van der Waals surface area contributed by atoms with Crippen LogP contribution < -0.4 is 5.32 Å². The highest BCUT2D eigenvalue weighted by atomic mass is 35.5. The van der Waals surface area contributed by atoms with E-state index in [0.717, 1.165) is 12.8 Å². The van der Waals surface area contributed by atoms with Gasteiger partial charge in [-0.1, -0.05) is 30.7 Å². The minimum absolute atomic E-state index is 0.0452.